The topological polar surface area (TPSA) is 89.5 Å². The second-order valence-electron chi connectivity index (χ2n) is 4.10. The first-order valence-electron chi connectivity index (χ1n) is 5.68. The van der Waals surface area contributed by atoms with Crippen molar-refractivity contribution < 1.29 is 8.42 Å². The van der Waals surface area contributed by atoms with Crippen LogP contribution in [0.5, 0.6) is 0 Å². The van der Waals surface area contributed by atoms with Crippen LogP contribution in [0.25, 0.3) is 5.65 Å². The number of nitrogens with one attached hydrogen (secondary N) is 1. The average Bonchev–Trinajstić information content (AvgIpc) is 2.69. The lowest BCUT2D eigenvalue weighted by Crippen LogP contribution is -2.22. The molecule has 0 bridgehead atoms. The molecule has 0 saturated carbocycles. The number of aromatic nitrogens is 2. The van der Waals surface area contributed by atoms with Gasteiger partial charge in [-0.3, -0.25) is 0 Å². The van der Waals surface area contributed by atoms with Crippen molar-refractivity contribution in [1.29, 1.82) is 0 Å². The van der Waals surface area contributed by atoms with Crippen LogP contribution >= 0.6 is 0 Å². The number of rotatable bonds is 6. The van der Waals surface area contributed by atoms with Gasteiger partial charge in [-0.1, -0.05) is 6.07 Å². The van der Waals surface area contributed by atoms with Gasteiger partial charge in [-0.2, -0.15) is 0 Å². The van der Waals surface area contributed by atoms with Crippen LogP contribution in [0.2, 0.25) is 0 Å². The lowest BCUT2D eigenvalue weighted by molar-refractivity contribution is 0.590. The Balaban J connectivity index is 1.80. The summed E-state index contributed by atoms with van der Waals surface area (Å²) in [6, 6.07) is 5.81. The zero-order valence-corrected chi connectivity index (χ0v) is 10.7. The van der Waals surface area contributed by atoms with Gasteiger partial charge in [-0.05, 0) is 25.1 Å². The highest BCUT2D eigenvalue weighted by Gasteiger charge is 2.02. The molecule has 0 radical (unpaired) electrons. The van der Waals surface area contributed by atoms with E-state index in [-0.39, 0.29) is 5.75 Å². The summed E-state index contributed by atoms with van der Waals surface area (Å²) < 4.78 is 23.4. The molecule has 0 aliphatic carbocycles. The molecule has 0 atom stereocenters. The van der Waals surface area contributed by atoms with Gasteiger partial charge in [-0.25, -0.2) is 18.5 Å². The number of hydrogen-bond donors (Lipinski definition) is 2. The second-order valence-corrected chi connectivity index (χ2v) is 5.83. The quantitative estimate of drug-likeness (QED) is 0.727. The van der Waals surface area contributed by atoms with Gasteiger partial charge in [0.1, 0.15) is 5.65 Å². The molecule has 2 heterocycles. The Morgan fingerprint density at radius 1 is 1.39 bits per heavy atom. The molecule has 0 spiro atoms. The normalized spacial score (nSPS) is 12.1. The molecule has 0 unspecified atom stereocenters. The van der Waals surface area contributed by atoms with Gasteiger partial charge in [0.05, 0.1) is 11.4 Å². The molecule has 2 aromatic rings. The fourth-order valence-electron chi connectivity index (χ4n) is 1.69. The highest BCUT2D eigenvalue weighted by Crippen LogP contribution is 2.03. The van der Waals surface area contributed by atoms with Crippen LogP contribution in [0.3, 0.4) is 0 Å². The molecule has 0 saturated heterocycles. The van der Waals surface area contributed by atoms with Crippen LogP contribution in [0, 0.1) is 0 Å². The Morgan fingerprint density at radius 3 is 2.94 bits per heavy atom. The van der Waals surface area contributed by atoms with Crippen LogP contribution in [-0.2, 0) is 16.6 Å². The predicted octanol–water partition coefficient (Wildman–Crippen LogP) is 0.103. The zero-order chi connectivity index (χ0) is 13.0. The van der Waals surface area contributed by atoms with Crippen molar-refractivity contribution in [3.63, 3.8) is 0 Å². The molecule has 7 heteroatoms. The molecule has 2 rings (SSSR count). The fourth-order valence-corrected chi connectivity index (χ4v) is 2.23. The first kappa shape index (κ1) is 13.0. The molecule has 0 fully saturated rings. The number of primary sulfonamides is 1. The van der Waals surface area contributed by atoms with Crippen LogP contribution in [0.1, 0.15) is 12.1 Å². The summed E-state index contributed by atoms with van der Waals surface area (Å²) in [6.45, 7) is 1.22. The Morgan fingerprint density at radius 2 is 2.22 bits per heavy atom. The predicted molar refractivity (Wildman–Crippen MR) is 69.5 cm³/mol. The molecule has 0 aliphatic heterocycles. The molecule has 0 aromatic carbocycles. The first-order valence-corrected chi connectivity index (χ1v) is 7.40. The summed E-state index contributed by atoms with van der Waals surface area (Å²) in [6.07, 6.45) is 4.39. The molecule has 18 heavy (non-hydrogen) atoms. The van der Waals surface area contributed by atoms with Crippen molar-refractivity contribution in [3.05, 3.63) is 36.3 Å². The van der Waals surface area contributed by atoms with Crippen LogP contribution in [0.15, 0.2) is 30.6 Å². The molecule has 98 valence electrons. The molecule has 3 N–H and O–H groups in total. The highest BCUT2D eigenvalue weighted by atomic mass is 32.2. The van der Waals surface area contributed by atoms with Crippen molar-refractivity contribution in [3.8, 4) is 0 Å². The number of sulfonamides is 1. The lowest BCUT2D eigenvalue weighted by Gasteiger charge is -2.01. The second kappa shape index (κ2) is 5.47. The van der Waals surface area contributed by atoms with E-state index >= 15 is 0 Å². The summed E-state index contributed by atoms with van der Waals surface area (Å²) in [7, 11) is -3.35. The van der Waals surface area contributed by atoms with Crippen molar-refractivity contribution in [1.82, 2.24) is 14.7 Å². The SMILES string of the molecule is NS(=O)(=O)CCCNCc1cn2ccccc2n1. The van der Waals surface area contributed by atoms with E-state index in [1.54, 1.807) is 0 Å². The van der Waals surface area contributed by atoms with Crippen LogP contribution in [0.4, 0.5) is 0 Å². The number of fused-ring (bicyclic) bond motifs is 1. The van der Waals surface area contributed by atoms with Gasteiger partial charge in [0, 0.05) is 18.9 Å². The molecule has 0 aliphatic rings. The summed E-state index contributed by atoms with van der Waals surface area (Å²) in [5, 5.41) is 8.05. The Kier molecular flexibility index (Phi) is 3.95. The summed E-state index contributed by atoms with van der Waals surface area (Å²) in [5.74, 6) is 0.00513. The lowest BCUT2D eigenvalue weighted by atomic mass is 10.4. The van der Waals surface area contributed by atoms with Gasteiger partial charge in [0.2, 0.25) is 10.0 Å². The maximum absolute atomic E-state index is 10.7. The number of hydrogen-bond acceptors (Lipinski definition) is 4. The number of imidazole rings is 1. The van der Waals surface area contributed by atoms with Crippen molar-refractivity contribution in [2.24, 2.45) is 5.14 Å². The third-order valence-corrected chi connectivity index (χ3v) is 3.36. The van der Waals surface area contributed by atoms with E-state index in [1.165, 1.54) is 0 Å². The summed E-state index contributed by atoms with van der Waals surface area (Å²) in [5.41, 5.74) is 1.83. The Hall–Kier alpha value is -1.44. The molecule has 0 amide bonds. The minimum Gasteiger partial charge on any atom is -0.311 e. The number of nitrogens with two attached hydrogens (primary N) is 1. The van der Waals surface area contributed by atoms with E-state index in [0.29, 0.717) is 19.5 Å². The minimum atomic E-state index is -3.35. The fraction of sp³-hybridized carbons (Fsp3) is 0.364. The zero-order valence-electron chi connectivity index (χ0n) is 9.91. The van der Waals surface area contributed by atoms with E-state index in [2.05, 4.69) is 10.3 Å². The average molecular weight is 268 g/mol. The largest absolute Gasteiger partial charge is 0.311 e. The molecular formula is C11H16N4O2S. The van der Waals surface area contributed by atoms with E-state index in [0.717, 1.165) is 11.3 Å². The van der Waals surface area contributed by atoms with E-state index in [4.69, 9.17) is 5.14 Å². The maximum Gasteiger partial charge on any atom is 0.209 e. The van der Waals surface area contributed by atoms with Crippen LogP contribution in [-0.4, -0.2) is 30.1 Å². The van der Waals surface area contributed by atoms with Gasteiger partial charge in [0.15, 0.2) is 0 Å². The van der Waals surface area contributed by atoms with Crippen molar-refractivity contribution in [2.45, 2.75) is 13.0 Å². The highest BCUT2D eigenvalue weighted by molar-refractivity contribution is 7.89. The van der Waals surface area contributed by atoms with E-state index < -0.39 is 10.0 Å². The van der Waals surface area contributed by atoms with Gasteiger partial charge in [-0.15, -0.1) is 0 Å². The van der Waals surface area contributed by atoms with Gasteiger partial charge >= 0.3 is 0 Å². The molecule has 6 nitrogen and oxygen atoms in total. The van der Waals surface area contributed by atoms with E-state index in [1.807, 2.05) is 35.0 Å². The van der Waals surface area contributed by atoms with Crippen molar-refractivity contribution in [2.75, 3.05) is 12.3 Å². The monoisotopic (exact) mass is 268 g/mol. The van der Waals surface area contributed by atoms with Crippen LogP contribution < -0.4 is 10.5 Å². The third-order valence-electron chi connectivity index (χ3n) is 2.50. The standard InChI is InChI=1S/C11H16N4O2S/c12-18(16,17)7-3-5-13-8-10-9-15-6-2-1-4-11(15)14-10/h1-2,4,6,9,13H,3,5,7-8H2,(H2,12,16,17). The number of nitrogens with zero attached hydrogens (tertiary/aromatic N) is 2. The Labute approximate surface area is 106 Å². The summed E-state index contributed by atoms with van der Waals surface area (Å²) in [4.78, 5) is 4.42. The minimum absolute atomic E-state index is 0.00513. The smallest absolute Gasteiger partial charge is 0.209 e. The van der Waals surface area contributed by atoms with Crippen molar-refractivity contribution >= 4 is 15.7 Å². The molecule has 2 aromatic heterocycles. The van der Waals surface area contributed by atoms with E-state index in [9.17, 15) is 8.42 Å². The van der Waals surface area contributed by atoms with Gasteiger partial charge in [0.25, 0.3) is 0 Å². The number of pyridine rings is 1. The Bertz CT molecular complexity index is 588. The summed E-state index contributed by atoms with van der Waals surface area (Å²) >= 11 is 0. The third kappa shape index (κ3) is 3.80. The first-order chi connectivity index (χ1) is 8.54. The molecular weight excluding hydrogens is 252 g/mol. The van der Waals surface area contributed by atoms with Gasteiger partial charge < -0.3 is 9.72 Å². The maximum atomic E-state index is 10.7.